The van der Waals surface area contributed by atoms with E-state index in [-0.39, 0.29) is 0 Å². The monoisotopic (exact) mass is 347 g/mol. The van der Waals surface area contributed by atoms with Crippen molar-refractivity contribution in [2.45, 2.75) is 71.6 Å². The molecular weight excluding hydrogens is 314 g/mol. The Bertz CT molecular complexity index is 576. The van der Waals surface area contributed by atoms with E-state index in [1.54, 1.807) is 0 Å². The Labute approximate surface area is 151 Å². The summed E-state index contributed by atoms with van der Waals surface area (Å²) in [5.41, 5.74) is 1.51. The van der Waals surface area contributed by atoms with E-state index in [4.69, 9.17) is 9.73 Å². The van der Waals surface area contributed by atoms with E-state index in [1.807, 2.05) is 10.9 Å². The fourth-order valence-corrected chi connectivity index (χ4v) is 4.43. The molecule has 6 heteroatoms. The van der Waals surface area contributed by atoms with Crippen LogP contribution in [0, 0.1) is 12.3 Å². The van der Waals surface area contributed by atoms with Crippen molar-refractivity contribution in [3.05, 3.63) is 18.0 Å². The molecule has 6 nitrogen and oxygen atoms in total. The Morgan fingerprint density at radius 2 is 2.20 bits per heavy atom. The first-order valence-corrected chi connectivity index (χ1v) is 9.83. The number of hydrogen-bond donors (Lipinski definition) is 2. The zero-order valence-electron chi connectivity index (χ0n) is 15.9. The second kappa shape index (κ2) is 8.21. The summed E-state index contributed by atoms with van der Waals surface area (Å²) in [5.74, 6) is 0.928. The number of guanidine groups is 1. The highest BCUT2D eigenvalue weighted by Crippen LogP contribution is 2.54. The van der Waals surface area contributed by atoms with Crippen LogP contribution in [0.2, 0.25) is 0 Å². The minimum Gasteiger partial charge on any atom is -0.378 e. The van der Waals surface area contributed by atoms with Gasteiger partial charge >= 0.3 is 0 Å². The number of nitrogens with one attached hydrogen (secondary N) is 2. The van der Waals surface area contributed by atoms with Gasteiger partial charge in [0, 0.05) is 30.8 Å². The zero-order valence-corrected chi connectivity index (χ0v) is 15.9. The van der Waals surface area contributed by atoms with Crippen molar-refractivity contribution >= 4 is 5.96 Å². The third-order valence-corrected chi connectivity index (χ3v) is 5.70. The first-order chi connectivity index (χ1) is 12.2. The molecule has 0 bridgehead atoms. The van der Waals surface area contributed by atoms with Gasteiger partial charge in [0.1, 0.15) is 0 Å². The van der Waals surface area contributed by atoms with Gasteiger partial charge < -0.3 is 15.4 Å². The van der Waals surface area contributed by atoms with E-state index in [9.17, 15) is 0 Å². The summed E-state index contributed by atoms with van der Waals surface area (Å²) in [7, 11) is 0. The third-order valence-electron chi connectivity index (χ3n) is 5.70. The molecule has 3 rings (SSSR count). The lowest BCUT2D eigenvalue weighted by molar-refractivity contribution is -0.125. The highest BCUT2D eigenvalue weighted by molar-refractivity contribution is 5.80. The van der Waals surface area contributed by atoms with Crippen molar-refractivity contribution in [3.8, 4) is 0 Å². The van der Waals surface area contributed by atoms with Crippen LogP contribution in [-0.4, -0.2) is 47.6 Å². The van der Waals surface area contributed by atoms with Gasteiger partial charge in [0.25, 0.3) is 0 Å². The molecule has 0 aliphatic heterocycles. The standard InChI is InChI=1S/C19H33N5O/c1-4-20-18(21-10-11-24-14-15(3)13-22-24)23-16-12-17(25-5-2)19(16)8-6-7-9-19/h13-14,16-17H,4-12H2,1-3H3,(H2,20,21,23). The van der Waals surface area contributed by atoms with Crippen molar-refractivity contribution in [2.75, 3.05) is 19.7 Å². The van der Waals surface area contributed by atoms with Gasteiger partial charge in [-0.05, 0) is 45.6 Å². The molecule has 2 saturated carbocycles. The largest absolute Gasteiger partial charge is 0.378 e. The van der Waals surface area contributed by atoms with Crippen molar-refractivity contribution in [2.24, 2.45) is 10.4 Å². The van der Waals surface area contributed by atoms with Crippen LogP contribution >= 0.6 is 0 Å². The number of aliphatic imine (C=N–C) groups is 1. The van der Waals surface area contributed by atoms with Crippen LogP contribution in [0.25, 0.3) is 0 Å². The van der Waals surface area contributed by atoms with Crippen LogP contribution in [0.4, 0.5) is 0 Å². The molecule has 2 aliphatic carbocycles. The van der Waals surface area contributed by atoms with Crippen molar-refractivity contribution in [1.82, 2.24) is 20.4 Å². The van der Waals surface area contributed by atoms with Crippen molar-refractivity contribution in [1.29, 1.82) is 0 Å². The van der Waals surface area contributed by atoms with Gasteiger partial charge in [-0.3, -0.25) is 9.67 Å². The van der Waals surface area contributed by atoms with Gasteiger partial charge in [0.15, 0.2) is 5.96 Å². The first-order valence-electron chi connectivity index (χ1n) is 9.83. The normalized spacial score (nSPS) is 25.2. The Kier molecular flexibility index (Phi) is 5.99. The average Bonchev–Trinajstić information content (AvgIpc) is 3.25. The summed E-state index contributed by atoms with van der Waals surface area (Å²) in [6, 6.07) is 0.483. The number of ether oxygens (including phenoxy) is 1. The Morgan fingerprint density at radius 3 is 2.84 bits per heavy atom. The van der Waals surface area contributed by atoms with Crippen LogP contribution in [0.15, 0.2) is 17.4 Å². The van der Waals surface area contributed by atoms with Gasteiger partial charge in [-0.1, -0.05) is 12.8 Å². The van der Waals surface area contributed by atoms with Gasteiger partial charge in [-0.25, -0.2) is 0 Å². The molecule has 140 valence electrons. The van der Waals surface area contributed by atoms with Crippen LogP contribution in [0.1, 0.15) is 51.5 Å². The van der Waals surface area contributed by atoms with Gasteiger partial charge in [0.2, 0.25) is 0 Å². The molecule has 1 heterocycles. The fourth-order valence-electron chi connectivity index (χ4n) is 4.43. The summed E-state index contributed by atoms with van der Waals surface area (Å²) >= 11 is 0. The predicted octanol–water partition coefficient (Wildman–Crippen LogP) is 2.48. The summed E-state index contributed by atoms with van der Waals surface area (Å²) in [6.45, 7) is 9.50. The fraction of sp³-hybridized carbons (Fsp3) is 0.789. The van der Waals surface area contributed by atoms with Gasteiger partial charge in [-0.2, -0.15) is 5.10 Å². The maximum Gasteiger partial charge on any atom is 0.191 e. The van der Waals surface area contributed by atoms with E-state index >= 15 is 0 Å². The maximum absolute atomic E-state index is 6.02. The number of rotatable bonds is 7. The van der Waals surface area contributed by atoms with E-state index in [2.05, 4.69) is 42.7 Å². The molecule has 2 N–H and O–H groups in total. The van der Waals surface area contributed by atoms with E-state index in [0.717, 1.165) is 38.6 Å². The summed E-state index contributed by atoms with van der Waals surface area (Å²) in [5, 5.41) is 11.4. The van der Waals surface area contributed by atoms with Crippen LogP contribution in [0.3, 0.4) is 0 Å². The predicted molar refractivity (Wildman–Crippen MR) is 101 cm³/mol. The van der Waals surface area contributed by atoms with E-state index in [1.165, 1.54) is 31.2 Å². The smallest absolute Gasteiger partial charge is 0.191 e. The van der Waals surface area contributed by atoms with Crippen molar-refractivity contribution in [3.63, 3.8) is 0 Å². The molecule has 0 aromatic carbocycles. The second-order valence-electron chi connectivity index (χ2n) is 7.36. The molecule has 0 amide bonds. The topological polar surface area (TPSA) is 63.5 Å². The minimum absolute atomic E-state index is 0.325. The van der Waals surface area contributed by atoms with Gasteiger partial charge in [-0.15, -0.1) is 0 Å². The molecular formula is C19H33N5O. The Morgan fingerprint density at radius 1 is 1.40 bits per heavy atom. The molecule has 25 heavy (non-hydrogen) atoms. The highest BCUT2D eigenvalue weighted by Gasteiger charge is 2.56. The molecule has 0 radical (unpaired) electrons. The minimum atomic E-state index is 0.325. The molecule has 2 unspecified atom stereocenters. The highest BCUT2D eigenvalue weighted by atomic mass is 16.5. The Balaban J connectivity index is 1.58. The van der Waals surface area contributed by atoms with Crippen LogP contribution < -0.4 is 10.6 Å². The van der Waals surface area contributed by atoms with Crippen LogP contribution in [0.5, 0.6) is 0 Å². The zero-order chi connectivity index (χ0) is 17.7. The molecule has 1 spiro atoms. The van der Waals surface area contributed by atoms with E-state index in [0.29, 0.717) is 17.6 Å². The third kappa shape index (κ3) is 4.00. The van der Waals surface area contributed by atoms with Gasteiger partial charge in [0.05, 0.1) is 25.4 Å². The van der Waals surface area contributed by atoms with E-state index < -0.39 is 0 Å². The molecule has 1 aromatic heterocycles. The maximum atomic E-state index is 6.02. The molecule has 1 aromatic rings. The summed E-state index contributed by atoms with van der Waals surface area (Å²) in [6.07, 6.45) is 10.7. The lowest BCUT2D eigenvalue weighted by Gasteiger charge is -2.54. The van der Waals surface area contributed by atoms with Crippen LogP contribution in [-0.2, 0) is 11.3 Å². The number of hydrogen-bond acceptors (Lipinski definition) is 3. The second-order valence-corrected chi connectivity index (χ2v) is 7.36. The number of aryl methyl sites for hydroxylation is 1. The molecule has 2 fully saturated rings. The number of nitrogens with zero attached hydrogens (tertiary/aromatic N) is 3. The lowest BCUT2D eigenvalue weighted by atomic mass is 9.60. The summed E-state index contributed by atoms with van der Waals surface area (Å²) < 4.78 is 7.97. The summed E-state index contributed by atoms with van der Waals surface area (Å²) in [4.78, 5) is 4.76. The first kappa shape index (κ1) is 18.2. The lowest BCUT2D eigenvalue weighted by Crippen LogP contribution is -2.65. The quantitative estimate of drug-likeness (QED) is 0.587. The van der Waals surface area contributed by atoms with Crippen molar-refractivity contribution < 1.29 is 4.74 Å². The molecule has 2 atom stereocenters. The molecule has 2 aliphatic rings. The SMILES string of the molecule is CCNC(=NCCn1cc(C)cn1)NC1CC(OCC)C12CCCC2. The number of aromatic nitrogens is 2. The molecule has 0 saturated heterocycles. The Hall–Kier alpha value is -1.56. The average molecular weight is 348 g/mol.